The summed E-state index contributed by atoms with van der Waals surface area (Å²) in [6.45, 7) is 0. The van der Waals surface area contributed by atoms with Crippen LogP contribution in [0.3, 0.4) is 0 Å². The summed E-state index contributed by atoms with van der Waals surface area (Å²) in [6, 6.07) is 7.20. The van der Waals surface area contributed by atoms with E-state index in [4.69, 9.17) is 11.0 Å². The van der Waals surface area contributed by atoms with Crippen LogP contribution in [0.4, 0.5) is 5.82 Å². The fourth-order valence-corrected chi connectivity index (χ4v) is 1.55. The zero-order valence-corrected chi connectivity index (χ0v) is 8.51. The second kappa shape index (κ2) is 3.31. The van der Waals surface area contributed by atoms with E-state index in [1.807, 2.05) is 0 Å². The second-order valence-electron chi connectivity index (χ2n) is 3.43. The Balaban J connectivity index is 2.21. The molecule has 0 radical (unpaired) electrons. The number of anilines is 1. The van der Waals surface area contributed by atoms with Crippen molar-refractivity contribution >= 4 is 16.9 Å². The second-order valence-corrected chi connectivity index (χ2v) is 3.43. The minimum Gasteiger partial charge on any atom is -0.379 e. The van der Waals surface area contributed by atoms with Crippen LogP contribution in [0.1, 0.15) is 5.56 Å². The van der Waals surface area contributed by atoms with Crippen LogP contribution in [0.15, 0.2) is 22.8 Å². The predicted octanol–water partition coefficient (Wildman–Crippen LogP) is 1.07. The lowest BCUT2D eigenvalue weighted by Crippen LogP contribution is -1.89. The summed E-state index contributed by atoms with van der Waals surface area (Å²) in [5, 5.41) is 15.9. The first-order valence-corrected chi connectivity index (χ1v) is 4.76. The van der Waals surface area contributed by atoms with Gasteiger partial charge in [-0.15, -0.1) is 0 Å². The molecule has 3 aromatic rings. The molecule has 0 saturated carbocycles. The minimum atomic E-state index is 0.171. The number of nitrogen functional groups attached to an aromatic ring is 1. The van der Waals surface area contributed by atoms with Crippen LogP contribution in [-0.2, 0) is 0 Å². The molecule has 0 spiro atoms. The fourth-order valence-electron chi connectivity index (χ4n) is 1.55. The number of hydrogen-bond acceptors (Lipinski definition) is 6. The van der Waals surface area contributed by atoms with E-state index in [0.29, 0.717) is 17.1 Å². The van der Waals surface area contributed by atoms with Crippen molar-refractivity contribution < 1.29 is 4.63 Å². The van der Waals surface area contributed by atoms with Crippen molar-refractivity contribution in [1.29, 1.82) is 5.26 Å². The van der Waals surface area contributed by atoms with Crippen molar-refractivity contribution in [3.05, 3.63) is 23.8 Å². The van der Waals surface area contributed by atoms with Crippen LogP contribution in [-0.4, -0.2) is 20.3 Å². The van der Waals surface area contributed by atoms with Crippen LogP contribution in [0, 0.1) is 11.3 Å². The monoisotopic (exact) mass is 226 g/mol. The summed E-state index contributed by atoms with van der Waals surface area (Å²) in [4.78, 5) is 7.29. The molecule has 2 heterocycles. The Morgan fingerprint density at radius 2 is 2.24 bits per heavy atom. The third-order valence-corrected chi connectivity index (χ3v) is 2.35. The van der Waals surface area contributed by atoms with Gasteiger partial charge < -0.3 is 10.7 Å². The van der Waals surface area contributed by atoms with E-state index in [9.17, 15) is 0 Å². The molecule has 7 heteroatoms. The number of nitriles is 1. The van der Waals surface area contributed by atoms with Gasteiger partial charge in [0.15, 0.2) is 17.3 Å². The highest BCUT2D eigenvalue weighted by atomic mass is 16.6. The minimum absolute atomic E-state index is 0.171. The van der Waals surface area contributed by atoms with Gasteiger partial charge in [0, 0.05) is 0 Å². The van der Waals surface area contributed by atoms with Gasteiger partial charge in [-0.2, -0.15) is 5.26 Å². The van der Waals surface area contributed by atoms with Crippen LogP contribution >= 0.6 is 0 Å². The van der Waals surface area contributed by atoms with Crippen LogP contribution in [0.2, 0.25) is 0 Å². The number of H-pyrrole nitrogens is 1. The quantitative estimate of drug-likeness (QED) is 0.640. The van der Waals surface area contributed by atoms with Crippen molar-refractivity contribution in [3.63, 3.8) is 0 Å². The van der Waals surface area contributed by atoms with Gasteiger partial charge in [-0.05, 0) is 28.5 Å². The van der Waals surface area contributed by atoms with Crippen LogP contribution in [0.25, 0.3) is 22.6 Å². The third-order valence-electron chi connectivity index (χ3n) is 2.35. The standard InChI is InChI=1S/C10H6N6O/c11-4-5-1-2-6-7(3-5)14-10(13-6)8-9(12)16-17-15-8/h1-3H,(H2,12,16)(H,13,14). The molecule has 0 fully saturated rings. The highest BCUT2D eigenvalue weighted by Crippen LogP contribution is 2.22. The maximum Gasteiger partial charge on any atom is 0.199 e. The van der Waals surface area contributed by atoms with E-state index in [2.05, 4.69) is 31.0 Å². The third kappa shape index (κ3) is 1.39. The van der Waals surface area contributed by atoms with Crippen molar-refractivity contribution in [3.8, 4) is 17.6 Å². The Bertz CT molecular complexity index is 735. The topological polar surface area (TPSA) is 117 Å². The highest BCUT2D eigenvalue weighted by molar-refractivity contribution is 5.81. The first-order valence-electron chi connectivity index (χ1n) is 4.76. The average molecular weight is 226 g/mol. The van der Waals surface area contributed by atoms with Gasteiger partial charge in [0.25, 0.3) is 0 Å². The Kier molecular flexibility index (Phi) is 1.82. The molecule has 1 aromatic carbocycles. The number of nitrogens with one attached hydrogen (secondary N) is 1. The van der Waals surface area contributed by atoms with Gasteiger partial charge in [-0.3, -0.25) is 0 Å². The first kappa shape index (κ1) is 9.35. The van der Waals surface area contributed by atoms with E-state index in [-0.39, 0.29) is 5.82 Å². The zero-order valence-electron chi connectivity index (χ0n) is 8.51. The fraction of sp³-hybridized carbons (Fsp3) is 0. The maximum absolute atomic E-state index is 8.79. The lowest BCUT2D eigenvalue weighted by atomic mass is 10.2. The number of benzene rings is 1. The van der Waals surface area contributed by atoms with Gasteiger partial charge in [0.05, 0.1) is 22.7 Å². The number of imidazole rings is 1. The molecule has 17 heavy (non-hydrogen) atoms. The molecule has 0 bridgehead atoms. The number of nitrogens with two attached hydrogens (primary N) is 1. The van der Waals surface area contributed by atoms with Gasteiger partial charge >= 0.3 is 0 Å². The molecule has 0 aliphatic heterocycles. The average Bonchev–Trinajstić information content (AvgIpc) is 2.93. The number of nitrogens with zero attached hydrogens (tertiary/aromatic N) is 4. The first-order chi connectivity index (χ1) is 8.28. The van der Waals surface area contributed by atoms with Crippen molar-refractivity contribution in [2.24, 2.45) is 0 Å². The Labute approximate surface area is 94.8 Å². The van der Waals surface area contributed by atoms with Gasteiger partial charge in [-0.25, -0.2) is 9.61 Å². The van der Waals surface area contributed by atoms with Gasteiger partial charge in [0.2, 0.25) is 0 Å². The zero-order chi connectivity index (χ0) is 11.8. The number of fused-ring (bicyclic) bond motifs is 1. The van der Waals surface area contributed by atoms with E-state index >= 15 is 0 Å². The van der Waals surface area contributed by atoms with Crippen LogP contribution < -0.4 is 5.73 Å². The molecule has 3 N–H and O–H groups in total. The van der Waals surface area contributed by atoms with Crippen molar-refractivity contribution in [2.45, 2.75) is 0 Å². The summed E-state index contributed by atoms with van der Waals surface area (Å²) in [7, 11) is 0. The molecule has 0 unspecified atom stereocenters. The molecule has 0 atom stereocenters. The molecule has 82 valence electrons. The molecule has 2 aromatic heterocycles. The largest absolute Gasteiger partial charge is 0.379 e. The van der Waals surface area contributed by atoms with Gasteiger partial charge in [-0.1, -0.05) is 0 Å². The van der Waals surface area contributed by atoms with E-state index in [0.717, 1.165) is 11.0 Å². The molecular formula is C10H6N6O. The Morgan fingerprint density at radius 1 is 1.35 bits per heavy atom. The molecular weight excluding hydrogens is 220 g/mol. The summed E-state index contributed by atoms with van der Waals surface area (Å²) in [5.41, 5.74) is 7.95. The smallest absolute Gasteiger partial charge is 0.199 e. The molecule has 0 saturated heterocycles. The lowest BCUT2D eigenvalue weighted by Gasteiger charge is -1.87. The molecule has 0 aliphatic rings. The van der Waals surface area contributed by atoms with Crippen LogP contribution in [0.5, 0.6) is 0 Å². The Hall–Kier alpha value is -2.88. The van der Waals surface area contributed by atoms with E-state index in [1.165, 1.54) is 0 Å². The normalized spacial score (nSPS) is 10.5. The maximum atomic E-state index is 8.79. The van der Waals surface area contributed by atoms with E-state index < -0.39 is 0 Å². The number of rotatable bonds is 1. The van der Waals surface area contributed by atoms with E-state index in [1.54, 1.807) is 18.2 Å². The number of aromatic nitrogens is 4. The molecule has 0 aliphatic carbocycles. The molecule has 7 nitrogen and oxygen atoms in total. The summed E-state index contributed by atoms with van der Waals surface area (Å²) in [6.07, 6.45) is 0. The number of hydrogen-bond donors (Lipinski definition) is 2. The Morgan fingerprint density at radius 3 is 2.94 bits per heavy atom. The summed E-state index contributed by atoms with van der Waals surface area (Å²) < 4.78 is 4.50. The highest BCUT2D eigenvalue weighted by Gasteiger charge is 2.13. The van der Waals surface area contributed by atoms with Crippen molar-refractivity contribution in [1.82, 2.24) is 20.3 Å². The summed E-state index contributed by atoms with van der Waals surface area (Å²) in [5.74, 6) is 0.637. The predicted molar refractivity (Wildman–Crippen MR) is 58.5 cm³/mol. The molecule has 3 rings (SSSR count). The number of aromatic amines is 1. The molecule has 0 amide bonds. The summed E-state index contributed by atoms with van der Waals surface area (Å²) >= 11 is 0. The lowest BCUT2D eigenvalue weighted by molar-refractivity contribution is 0.310. The van der Waals surface area contributed by atoms with Crippen molar-refractivity contribution in [2.75, 3.05) is 5.73 Å². The van der Waals surface area contributed by atoms with Gasteiger partial charge in [0.1, 0.15) is 0 Å². The SMILES string of the molecule is N#Cc1ccc2nc(-c3nonc3N)[nH]c2c1.